The normalized spacial score (nSPS) is 36.3. The molecule has 3 heterocycles. The van der Waals surface area contributed by atoms with Crippen LogP contribution in [0.1, 0.15) is 51.9 Å². The molecule has 29 heavy (non-hydrogen) atoms. The van der Waals surface area contributed by atoms with Gasteiger partial charge < -0.3 is 24.8 Å². The van der Waals surface area contributed by atoms with Crippen LogP contribution in [0.2, 0.25) is 0 Å². The van der Waals surface area contributed by atoms with Crippen LogP contribution in [-0.4, -0.2) is 97.1 Å². The zero-order chi connectivity index (χ0) is 20.4. The molecular weight excluding hydrogens is 368 g/mol. The molecule has 0 aromatic carbocycles. The van der Waals surface area contributed by atoms with Gasteiger partial charge in [0.15, 0.2) is 0 Å². The second kappa shape index (κ2) is 9.31. The minimum absolute atomic E-state index is 0.103. The van der Waals surface area contributed by atoms with E-state index in [1.165, 1.54) is 12.8 Å². The third-order valence-corrected chi connectivity index (χ3v) is 7.45. The van der Waals surface area contributed by atoms with E-state index in [9.17, 15) is 9.59 Å². The largest absolute Gasteiger partial charge is 0.368 e. The first kappa shape index (κ1) is 21.1. The standard InChI is InChI=1S/C22H38N4O3/c1-16-5-7-17(8-6-16)26(22(28)20-4-3-13-29-20)18-14-19(23-15-18)21(27)25-11-9-24(2)10-12-25/h16-20,23H,3-15H2,1-2H3/t16?,17?,18-,19-,20-/m0/s1. The van der Waals surface area contributed by atoms with Gasteiger partial charge in [-0.2, -0.15) is 0 Å². The Morgan fingerprint density at radius 3 is 2.38 bits per heavy atom. The first-order chi connectivity index (χ1) is 14.0. The topological polar surface area (TPSA) is 65.1 Å². The van der Waals surface area contributed by atoms with Gasteiger partial charge in [-0.15, -0.1) is 0 Å². The predicted octanol–water partition coefficient (Wildman–Crippen LogP) is 1.08. The minimum Gasteiger partial charge on any atom is -0.368 e. The summed E-state index contributed by atoms with van der Waals surface area (Å²) in [7, 11) is 2.10. The Hall–Kier alpha value is -1.18. The van der Waals surface area contributed by atoms with Crippen LogP contribution in [0, 0.1) is 5.92 Å². The van der Waals surface area contributed by atoms with E-state index in [0.29, 0.717) is 19.2 Å². The van der Waals surface area contributed by atoms with Crippen molar-refractivity contribution in [2.75, 3.05) is 46.4 Å². The fraction of sp³-hybridized carbons (Fsp3) is 0.909. The molecule has 0 unspecified atom stereocenters. The Balaban J connectivity index is 1.42. The number of piperazine rings is 1. The molecule has 1 aliphatic carbocycles. The molecule has 2 amide bonds. The lowest BCUT2D eigenvalue weighted by Gasteiger charge is -2.41. The van der Waals surface area contributed by atoms with Crippen LogP contribution in [0.15, 0.2) is 0 Å². The van der Waals surface area contributed by atoms with Crippen molar-refractivity contribution < 1.29 is 14.3 Å². The van der Waals surface area contributed by atoms with Gasteiger partial charge in [-0.25, -0.2) is 0 Å². The summed E-state index contributed by atoms with van der Waals surface area (Å²) in [4.78, 5) is 32.8. The molecule has 0 spiro atoms. The Labute approximate surface area is 175 Å². The molecule has 4 aliphatic rings. The van der Waals surface area contributed by atoms with Crippen LogP contribution < -0.4 is 5.32 Å². The van der Waals surface area contributed by atoms with Gasteiger partial charge in [-0.1, -0.05) is 6.92 Å². The number of nitrogens with zero attached hydrogens (tertiary/aromatic N) is 3. The van der Waals surface area contributed by atoms with Crippen LogP contribution in [0.25, 0.3) is 0 Å². The first-order valence-electron chi connectivity index (χ1n) is 11.7. The van der Waals surface area contributed by atoms with Gasteiger partial charge in [0.2, 0.25) is 5.91 Å². The summed E-state index contributed by atoms with van der Waals surface area (Å²) in [6.07, 6.45) is 6.78. The number of likely N-dealkylation sites (N-methyl/N-ethyl adjacent to an activating group) is 1. The SMILES string of the molecule is CC1CCC(N(C(=O)[C@@H]2CCCO2)[C@@H]2CN[C@H](C(=O)N3CCN(C)CC3)C2)CC1. The van der Waals surface area contributed by atoms with Gasteiger partial charge in [0.1, 0.15) is 6.10 Å². The number of ether oxygens (including phenoxy) is 1. The van der Waals surface area contributed by atoms with Crippen molar-refractivity contribution >= 4 is 11.8 Å². The highest BCUT2D eigenvalue weighted by atomic mass is 16.5. The zero-order valence-corrected chi connectivity index (χ0v) is 18.1. The van der Waals surface area contributed by atoms with Crippen LogP contribution in [0.5, 0.6) is 0 Å². The molecule has 1 saturated carbocycles. The van der Waals surface area contributed by atoms with Crippen molar-refractivity contribution in [3.63, 3.8) is 0 Å². The van der Waals surface area contributed by atoms with Crippen molar-refractivity contribution in [3.8, 4) is 0 Å². The molecule has 1 N–H and O–H groups in total. The van der Waals surface area contributed by atoms with E-state index >= 15 is 0 Å². The van der Waals surface area contributed by atoms with Gasteiger partial charge >= 0.3 is 0 Å². The molecule has 7 heteroatoms. The quantitative estimate of drug-likeness (QED) is 0.757. The molecular formula is C22H38N4O3. The number of hydrogen-bond donors (Lipinski definition) is 1. The zero-order valence-electron chi connectivity index (χ0n) is 18.1. The third-order valence-electron chi connectivity index (χ3n) is 7.45. The first-order valence-corrected chi connectivity index (χ1v) is 11.7. The highest BCUT2D eigenvalue weighted by Gasteiger charge is 2.42. The van der Waals surface area contributed by atoms with E-state index in [0.717, 1.165) is 64.2 Å². The van der Waals surface area contributed by atoms with E-state index < -0.39 is 0 Å². The predicted molar refractivity (Wildman–Crippen MR) is 112 cm³/mol. The Kier molecular flexibility index (Phi) is 6.76. The van der Waals surface area contributed by atoms with Crippen molar-refractivity contribution in [2.24, 2.45) is 5.92 Å². The highest BCUT2D eigenvalue weighted by Crippen LogP contribution is 2.32. The van der Waals surface area contributed by atoms with E-state index in [1.807, 2.05) is 4.90 Å². The van der Waals surface area contributed by atoms with Crippen molar-refractivity contribution in [1.29, 1.82) is 0 Å². The molecule has 3 atom stereocenters. The minimum atomic E-state index is -0.276. The average Bonchev–Trinajstić information content (AvgIpc) is 3.42. The van der Waals surface area contributed by atoms with E-state index in [2.05, 4.69) is 29.1 Å². The lowest BCUT2D eigenvalue weighted by atomic mass is 9.85. The molecule has 0 bridgehead atoms. The van der Waals surface area contributed by atoms with Crippen LogP contribution >= 0.6 is 0 Å². The van der Waals surface area contributed by atoms with Crippen molar-refractivity contribution in [1.82, 2.24) is 20.0 Å². The number of amides is 2. The van der Waals surface area contributed by atoms with Crippen LogP contribution in [-0.2, 0) is 14.3 Å². The van der Waals surface area contributed by atoms with Gasteiger partial charge in [0.25, 0.3) is 5.91 Å². The number of rotatable bonds is 4. The van der Waals surface area contributed by atoms with Crippen LogP contribution in [0.4, 0.5) is 0 Å². The van der Waals surface area contributed by atoms with Crippen molar-refractivity contribution in [2.45, 2.75) is 76.1 Å². The van der Waals surface area contributed by atoms with Gasteiger partial charge in [0.05, 0.1) is 6.04 Å². The number of hydrogen-bond acceptors (Lipinski definition) is 5. The van der Waals surface area contributed by atoms with Crippen LogP contribution in [0.3, 0.4) is 0 Å². The van der Waals surface area contributed by atoms with E-state index in [4.69, 9.17) is 4.74 Å². The number of nitrogens with one attached hydrogen (secondary N) is 1. The second-order valence-electron chi connectivity index (χ2n) is 9.64. The molecule has 7 nitrogen and oxygen atoms in total. The lowest BCUT2D eigenvalue weighted by molar-refractivity contribution is -0.147. The maximum absolute atomic E-state index is 13.4. The molecule has 0 radical (unpaired) electrons. The maximum atomic E-state index is 13.4. The Morgan fingerprint density at radius 2 is 1.72 bits per heavy atom. The second-order valence-corrected chi connectivity index (χ2v) is 9.64. The molecule has 4 fully saturated rings. The maximum Gasteiger partial charge on any atom is 0.252 e. The molecule has 164 valence electrons. The summed E-state index contributed by atoms with van der Waals surface area (Å²) >= 11 is 0. The number of carbonyl (C=O) groups is 2. The summed E-state index contributed by atoms with van der Waals surface area (Å²) < 4.78 is 5.76. The summed E-state index contributed by atoms with van der Waals surface area (Å²) in [5.74, 6) is 1.13. The fourth-order valence-electron chi connectivity index (χ4n) is 5.48. The summed E-state index contributed by atoms with van der Waals surface area (Å²) in [6.45, 7) is 7.20. The van der Waals surface area contributed by atoms with E-state index in [1.54, 1.807) is 0 Å². The van der Waals surface area contributed by atoms with E-state index in [-0.39, 0.29) is 30.0 Å². The Morgan fingerprint density at radius 1 is 1.00 bits per heavy atom. The third kappa shape index (κ3) is 4.78. The van der Waals surface area contributed by atoms with Gasteiger partial charge in [0, 0.05) is 51.4 Å². The van der Waals surface area contributed by atoms with Crippen molar-refractivity contribution in [3.05, 3.63) is 0 Å². The lowest BCUT2D eigenvalue weighted by Crippen LogP contribution is -2.53. The monoisotopic (exact) mass is 406 g/mol. The summed E-state index contributed by atoms with van der Waals surface area (Å²) in [5.41, 5.74) is 0. The molecule has 3 aliphatic heterocycles. The molecule has 3 saturated heterocycles. The fourth-order valence-corrected chi connectivity index (χ4v) is 5.48. The molecule has 0 aromatic rings. The Bertz CT molecular complexity index is 579. The number of carbonyl (C=O) groups excluding carboxylic acids is 2. The van der Waals surface area contributed by atoms with Gasteiger partial charge in [-0.3, -0.25) is 9.59 Å². The average molecular weight is 407 g/mol. The smallest absolute Gasteiger partial charge is 0.252 e. The summed E-state index contributed by atoms with van der Waals surface area (Å²) in [6, 6.07) is 0.240. The molecule has 4 rings (SSSR count). The highest BCUT2D eigenvalue weighted by molar-refractivity contribution is 5.84. The van der Waals surface area contributed by atoms with Gasteiger partial charge in [-0.05, 0) is 57.9 Å². The molecule has 0 aromatic heterocycles. The summed E-state index contributed by atoms with van der Waals surface area (Å²) in [5, 5.41) is 3.45.